The first kappa shape index (κ1) is 25.3. The minimum Gasteiger partial charge on any atom is -0.388 e. The number of phenols is 1. The van der Waals surface area contributed by atoms with Crippen LogP contribution in [0.4, 0.5) is 8.78 Å². The molecule has 2 aliphatic rings. The average molecular weight is 425 g/mol. The van der Waals surface area contributed by atoms with Gasteiger partial charge >= 0.3 is 142 Å². The van der Waals surface area contributed by atoms with Crippen LogP contribution in [0.1, 0.15) is 25.8 Å². The van der Waals surface area contributed by atoms with Crippen molar-refractivity contribution in [1.82, 2.24) is 10.2 Å². The molecule has 0 spiro atoms. The Balaban J connectivity index is 0.000000826. The van der Waals surface area contributed by atoms with Crippen LogP contribution in [0.15, 0.2) is 12.1 Å². The van der Waals surface area contributed by atoms with Crippen molar-refractivity contribution in [3.8, 4) is 12.0 Å². The predicted octanol–water partition coefficient (Wildman–Crippen LogP) is 1.46. The number of benzene rings is 1. The van der Waals surface area contributed by atoms with Gasteiger partial charge in [-0.25, -0.2) is 0 Å². The van der Waals surface area contributed by atoms with Gasteiger partial charge in [0, 0.05) is 14.2 Å². The van der Waals surface area contributed by atoms with Crippen molar-refractivity contribution in [3.63, 3.8) is 0 Å². The molecule has 2 aliphatic heterocycles. The molecule has 8 nitrogen and oxygen atoms in total. The van der Waals surface area contributed by atoms with Gasteiger partial charge in [-0.1, -0.05) is 13.8 Å². The first-order valence-electron chi connectivity index (χ1n) is 9.29. The quantitative estimate of drug-likeness (QED) is 0.546. The summed E-state index contributed by atoms with van der Waals surface area (Å²) >= 11 is 0. The maximum Gasteiger partial charge on any atom is 0.0351 e. The summed E-state index contributed by atoms with van der Waals surface area (Å²) in [6.45, 7) is 4.22. The summed E-state index contributed by atoms with van der Waals surface area (Å²) in [5.41, 5.74) is -1.33. The number of aromatic hydroxyl groups is 1. The second kappa shape index (κ2) is 11.5. The average Bonchev–Trinajstić information content (AvgIpc) is 2.74. The van der Waals surface area contributed by atoms with E-state index < -0.39 is 28.8 Å². The number of hydrogen-bond donors (Lipinski definition) is 2. The topological polar surface area (TPSA) is 104 Å². The Labute approximate surface area is 175 Å². The van der Waals surface area contributed by atoms with E-state index >= 15 is 0 Å². The summed E-state index contributed by atoms with van der Waals surface area (Å²) in [7, 11) is 5.76. The van der Waals surface area contributed by atoms with Crippen LogP contribution in [0, 0.1) is 29.1 Å². The summed E-state index contributed by atoms with van der Waals surface area (Å²) < 4.78 is 42.2. The molecule has 2 unspecified atom stereocenters. The van der Waals surface area contributed by atoms with Crippen LogP contribution in [0.25, 0.3) is 0 Å². The van der Waals surface area contributed by atoms with Crippen molar-refractivity contribution in [2.24, 2.45) is 5.92 Å². The molecule has 0 radical (unpaired) electrons. The van der Waals surface area contributed by atoms with Crippen molar-refractivity contribution >= 4 is 18.7 Å². The van der Waals surface area contributed by atoms with E-state index in [2.05, 4.69) is 14.7 Å². The third-order valence-electron chi connectivity index (χ3n) is 4.56. The molecule has 1 aromatic rings. The molecule has 2 saturated heterocycles. The molecule has 1 amide bonds. The summed E-state index contributed by atoms with van der Waals surface area (Å²) in [4.78, 5) is 14.0. The number of rotatable bonds is 2. The second-order valence-electron chi connectivity index (χ2n) is 6.29. The number of carbonyl (C=O) groups is 1. The molecular formula is C19H26BF2N3O5. The smallest absolute Gasteiger partial charge is 0.0351 e. The Bertz CT molecular complexity index is 818. The van der Waals surface area contributed by atoms with Gasteiger partial charge in [-0.2, -0.15) is 0 Å². The van der Waals surface area contributed by atoms with Crippen molar-refractivity contribution in [3.05, 3.63) is 29.3 Å². The van der Waals surface area contributed by atoms with E-state index in [-0.39, 0.29) is 23.8 Å². The van der Waals surface area contributed by atoms with Gasteiger partial charge in [0.1, 0.15) is 0 Å². The largest absolute Gasteiger partial charge is 0.388 e. The van der Waals surface area contributed by atoms with Gasteiger partial charge < -0.3 is 4.74 Å². The van der Waals surface area contributed by atoms with Crippen LogP contribution >= 0.6 is 0 Å². The van der Waals surface area contributed by atoms with E-state index in [4.69, 9.17) is 10.00 Å². The van der Waals surface area contributed by atoms with Gasteiger partial charge in [0.2, 0.25) is 0 Å². The number of nitrogens with zero attached hydrogens (tertiary/aromatic N) is 2. The molecule has 0 saturated carbocycles. The van der Waals surface area contributed by atoms with Gasteiger partial charge in [-0.3, -0.25) is 0 Å². The van der Waals surface area contributed by atoms with Crippen LogP contribution in [0.3, 0.4) is 0 Å². The summed E-state index contributed by atoms with van der Waals surface area (Å²) in [6.07, 6.45) is 1.76. The number of carbonyl (C=O) groups excluding carboxylic acids is 1. The summed E-state index contributed by atoms with van der Waals surface area (Å²) in [5.74, 6) is -3.80. The number of hydrogen-bond acceptors (Lipinski definition) is 7. The van der Waals surface area contributed by atoms with Gasteiger partial charge in [0.25, 0.3) is 0 Å². The molecule has 3 rings (SSSR count). The van der Waals surface area contributed by atoms with Gasteiger partial charge in [0.05, 0.1) is 0 Å². The van der Waals surface area contributed by atoms with Crippen LogP contribution in [0.2, 0.25) is 0 Å². The maximum absolute atomic E-state index is 14.5. The van der Waals surface area contributed by atoms with Crippen molar-refractivity contribution in [2.75, 3.05) is 34.5 Å². The summed E-state index contributed by atoms with van der Waals surface area (Å²) in [6, 6.07) is 1.51. The van der Waals surface area contributed by atoms with Crippen molar-refractivity contribution in [2.45, 2.75) is 25.8 Å². The number of fused-ring (bicyclic) bond motifs is 1. The molecule has 0 aliphatic carbocycles. The zero-order chi connectivity index (χ0) is 22.9. The minimum absolute atomic E-state index is 0.0802. The molecule has 1 aromatic carbocycles. The molecular weight excluding hydrogens is 399 g/mol. The summed E-state index contributed by atoms with van der Waals surface area (Å²) in [5, 5.41) is 21.2. The molecule has 2 heterocycles. The fourth-order valence-electron chi connectivity index (χ4n) is 3.31. The Morgan fingerprint density at radius 3 is 2.60 bits per heavy atom. The number of phenolic OH excluding ortho intramolecular Hbond substituents is 1. The first-order valence-corrected chi connectivity index (χ1v) is 9.29. The standard InChI is InChI=1S/C15H14BF2N3O4.C2H6O.C2H6/c1-21-13(23)8-2-3-24-6-15(8,20-14(21)16-25-7-19)9-4-12(22)11(18)5-10(9)17;1-3-2;1-2/h4-5,8,20,22H,2-3,6H2,1H3;1-2H3;1-2H3. The van der Waals surface area contributed by atoms with Crippen LogP contribution in [0.5, 0.6) is 5.75 Å². The molecule has 164 valence electrons. The molecule has 2 N–H and O–H groups in total. The number of methoxy groups -OCH3 is 1. The SMILES string of the molecule is CC.CN1C(=O)C2CCOCC2(c2cc(O)c(F)cc2F)NC1=BOC#N.COC. The van der Waals surface area contributed by atoms with Crippen LogP contribution < -0.4 is 5.32 Å². The molecule has 2 atom stereocenters. The van der Waals surface area contributed by atoms with Gasteiger partial charge in [0.15, 0.2) is 0 Å². The fourth-order valence-corrected chi connectivity index (χ4v) is 3.31. The van der Waals surface area contributed by atoms with E-state index in [1.165, 1.54) is 18.2 Å². The van der Waals surface area contributed by atoms with Crippen LogP contribution in [-0.2, 0) is 24.5 Å². The fraction of sp³-hybridized carbons (Fsp3) is 0.526. The van der Waals surface area contributed by atoms with E-state index in [1.54, 1.807) is 14.2 Å². The predicted molar refractivity (Wildman–Crippen MR) is 106 cm³/mol. The maximum atomic E-state index is 14.5. The Morgan fingerprint density at radius 1 is 1.37 bits per heavy atom. The van der Waals surface area contributed by atoms with Crippen LogP contribution in [-0.4, -0.2) is 63.2 Å². The van der Waals surface area contributed by atoms with E-state index in [1.807, 2.05) is 13.8 Å². The Kier molecular flexibility index (Phi) is 9.69. The van der Waals surface area contributed by atoms with Gasteiger partial charge in [-0.15, -0.1) is 0 Å². The molecule has 30 heavy (non-hydrogen) atoms. The van der Waals surface area contributed by atoms with Gasteiger partial charge in [-0.05, 0) is 0 Å². The minimum atomic E-state index is -1.36. The third-order valence-corrected chi connectivity index (χ3v) is 4.56. The van der Waals surface area contributed by atoms with E-state index in [9.17, 15) is 18.7 Å². The second-order valence-corrected chi connectivity index (χ2v) is 6.29. The zero-order valence-electron chi connectivity index (χ0n) is 17.7. The molecule has 0 aromatic heterocycles. The van der Waals surface area contributed by atoms with Crippen molar-refractivity contribution < 1.29 is 32.8 Å². The molecule has 11 heteroatoms. The number of nitriles is 1. The Hall–Kier alpha value is -2.71. The van der Waals surface area contributed by atoms with E-state index in [0.717, 1.165) is 13.2 Å². The van der Waals surface area contributed by atoms with E-state index in [0.29, 0.717) is 19.1 Å². The number of ether oxygens (including phenoxy) is 2. The number of amides is 1. The number of halogens is 2. The monoisotopic (exact) mass is 425 g/mol. The Morgan fingerprint density at radius 2 is 2.00 bits per heavy atom. The normalized spacial score (nSPS) is 23.4. The molecule has 2 fully saturated rings. The number of nitrogens with one attached hydrogen (secondary N) is 1. The third kappa shape index (κ3) is 5.06. The zero-order valence-corrected chi connectivity index (χ0v) is 17.7. The van der Waals surface area contributed by atoms with Crippen molar-refractivity contribution in [1.29, 1.82) is 5.26 Å². The first-order chi connectivity index (χ1) is 14.3. The molecule has 0 bridgehead atoms.